The van der Waals surface area contributed by atoms with Gasteiger partial charge < -0.3 is 11.5 Å². The highest BCUT2D eigenvalue weighted by Crippen LogP contribution is 2.28. The van der Waals surface area contributed by atoms with Gasteiger partial charge in [0.2, 0.25) is 5.95 Å². The summed E-state index contributed by atoms with van der Waals surface area (Å²) < 4.78 is 0. The Labute approximate surface area is 109 Å². The van der Waals surface area contributed by atoms with Crippen LogP contribution >= 0.6 is 0 Å². The molecular weight excluding hydrogens is 240 g/mol. The van der Waals surface area contributed by atoms with Gasteiger partial charge in [-0.15, -0.1) is 0 Å². The summed E-state index contributed by atoms with van der Waals surface area (Å²) >= 11 is 0. The van der Waals surface area contributed by atoms with Gasteiger partial charge in [0.05, 0.1) is 11.1 Å². The van der Waals surface area contributed by atoms with Crippen molar-refractivity contribution >= 4 is 22.8 Å². The normalized spacial score (nSPS) is 10.8. The molecule has 94 valence electrons. The molecule has 0 fully saturated rings. The van der Waals surface area contributed by atoms with E-state index >= 15 is 0 Å². The Morgan fingerprint density at radius 1 is 0.895 bits per heavy atom. The number of nitrogens with two attached hydrogens (primary N) is 2. The van der Waals surface area contributed by atoms with E-state index in [1.165, 1.54) is 0 Å². The number of aromatic nitrogens is 4. The quantitative estimate of drug-likeness (QED) is 0.681. The van der Waals surface area contributed by atoms with Crippen molar-refractivity contribution < 1.29 is 0 Å². The number of nitrogens with zero attached hydrogens (tertiary/aromatic N) is 4. The van der Waals surface area contributed by atoms with Crippen molar-refractivity contribution in [3.8, 4) is 11.3 Å². The molecular formula is C13H12N6. The van der Waals surface area contributed by atoms with Crippen LogP contribution in [-0.2, 0) is 0 Å². The molecule has 0 unspecified atom stereocenters. The Bertz CT molecular complexity index is 749. The molecule has 0 saturated heterocycles. The van der Waals surface area contributed by atoms with Gasteiger partial charge in [-0.2, -0.15) is 9.97 Å². The molecule has 0 aliphatic heterocycles. The lowest BCUT2D eigenvalue weighted by atomic mass is 10.1. The maximum Gasteiger partial charge on any atom is 0.224 e. The summed E-state index contributed by atoms with van der Waals surface area (Å²) in [5.41, 5.74) is 13.7. The van der Waals surface area contributed by atoms with E-state index in [9.17, 15) is 0 Å². The molecule has 3 aromatic rings. The molecule has 19 heavy (non-hydrogen) atoms. The lowest BCUT2D eigenvalue weighted by molar-refractivity contribution is 1.07. The molecule has 6 heteroatoms. The van der Waals surface area contributed by atoms with Gasteiger partial charge in [0.1, 0.15) is 11.6 Å². The molecule has 2 aromatic heterocycles. The van der Waals surface area contributed by atoms with Crippen LogP contribution in [-0.4, -0.2) is 19.9 Å². The molecule has 0 radical (unpaired) electrons. The average molecular weight is 252 g/mol. The SMILES string of the molecule is Cc1nc(-c2ccccc2)c2c(N)nc(N)nc2n1. The third-order valence-electron chi connectivity index (χ3n) is 2.76. The number of hydrogen-bond acceptors (Lipinski definition) is 6. The van der Waals surface area contributed by atoms with Gasteiger partial charge in [0.15, 0.2) is 5.65 Å². The summed E-state index contributed by atoms with van der Waals surface area (Å²) in [4.78, 5) is 16.8. The number of nitrogen functional groups attached to an aromatic ring is 2. The van der Waals surface area contributed by atoms with Crippen LogP contribution in [0.5, 0.6) is 0 Å². The lowest BCUT2D eigenvalue weighted by Crippen LogP contribution is -2.05. The van der Waals surface area contributed by atoms with Crippen molar-refractivity contribution in [1.82, 2.24) is 19.9 Å². The Morgan fingerprint density at radius 2 is 1.63 bits per heavy atom. The molecule has 0 atom stereocenters. The summed E-state index contributed by atoms with van der Waals surface area (Å²) in [5.74, 6) is 1.02. The van der Waals surface area contributed by atoms with E-state index in [1.807, 2.05) is 30.3 Å². The molecule has 0 amide bonds. The molecule has 0 spiro atoms. The predicted molar refractivity (Wildman–Crippen MR) is 74.1 cm³/mol. The van der Waals surface area contributed by atoms with Gasteiger partial charge in [-0.1, -0.05) is 30.3 Å². The molecule has 1 aromatic carbocycles. The van der Waals surface area contributed by atoms with Gasteiger partial charge in [-0.05, 0) is 6.92 Å². The zero-order valence-electron chi connectivity index (χ0n) is 10.3. The van der Waals surface area contributed by atoms with Crippen LogP contribution in [0.25, 0.3) is 22.3 Å². The number of hydrogen-bond donors (Lipinski definition) is 2. The second kappa shape index (κ2) is 4.16. The van der Waals surface area contributed by atoms with Crippen molar-refractivity contribution in [2.45, 2.75) is 6.92 Å². The number of rotatable bonds is 1. The topological polar surface area (TPSA) is 104 Å². The fourth-order valence-corrected chi connectivity index (χ4v) is 1.99. The number of benzene rings is 1. The molecule has 0 aliphatic carbocycles. The average Bonchev–Trinajstić information content (AvgIpc) is 2.38. The van der Waals surface area contributed by atoms with Crippen LogP contribution < -0.4 is 11.5 Å². The van der Waals surface area contributed by atoms with E-state index in [0.29, 0.717) is 22.7 Å². The van der Waals surface area contributed by atoms with Crippen LogP contribution in [0.3, 0.4) is 0 Å². The van der Waals surface area contributed by atoms with Crippen LogP contribution in [0.4, 0.5) is 11.8 Å². The van der Waals surface area contributed by atoms with Gasteiger partial charge in [-0.25, -0.2) is 9.97 Å². The van der Waals surface area contributed by atoms with E-state index in [4.69, 9.17) is 11.5 Å². The predicted octanol–water partition coefficient (Wildman–Crippen LogP) is 1.56. The van der Waals surface area contributed by atoms with Gasteiger partial charge in [-0.3, -0.25) is 0 Å². The Kier molecular flexibility index (Phi) is 2.49. The Hall–Kier alpha value is -2.76. The number of fused-ring (bicyclic) bond motifs is 1. The van der Waals surface area contributed by atoms with Crippen molar-refractivity contribution in [3.63, 3.8) is 0 Å². The van der Waals surface area contributed by atoms with Gasteiger partial charge in [0, 0.05) is 5.56 Å². The second-order valence-electron chi connectivity index (χ2n) is 4.15. The molecule has 3 rings (SSSR count). The molecule has 0 aliphatic rings. The highest BCUT2D eigenvalue weighted by Gasteiger charge is 2.13. The van der Waals surface area contributed by atoms with Crippen LogP contribution in [0.2, 0.25) is 0 Å². The maximum atomic E-state index is 5.93. The van der Waals surface area contributed by atoms with Crippen LogP contribution in [0.1, 0.15) is 5.82 Å². The largest absolute Gasteiger partial charge is 0.383 e. The zero-order valence-corrected chi connectivity index (χ0v) is 10.3. The maximum absolute atomic E-state index is 5.93. The van der Waals surface area contributed by atoms with E-state index < -0.39 is 0 Å². The highest BCUT2D eigenvalue weighted by atomic mass is 15.1. The van der Waals surface area contributed by atoms with E-state index in [0.717, 1.165) is 11.3 Å². The minimum absolute atomic E-state index is 0.113. The molecule has 4 N–H and O–H groups in total. The van der Waals surface area contributed by atoms with E-state index in [-0.39, 0.29) is 5.95 Å². The molecule has 6 nitrogen and oxygen atoms in total. The number of aryl methyl sites for hydroxylation is 1. The highest BCUT2D eigenvalue weighted by molar-refractivity contribution is 5.97. The standard InChI is InChI=1S/C13H12N6/c1-7-16-10(8-5-3-2-4-6-8)9-11(14)18-13(15)19-12(9)17-7/h2-6H,1H3,(H4,14,15,16,17,18,19). The first-order valence-corrected chi connectivity index (χ1v) is 5.78. The Balaban J connectivity index is 2.42. The fraction of sp³-hybridized carbons (Fsp3) is 0.0769. The summed E-state index contributed by atoms with van der Waals surface area (Å²) in [6.07, 6.45) is 0. The monoisotopic (exact) mass is 252 g/mol. The van der Waals surface area contributed by atoms with E-state index in [2.05, 4.69) is 19.9 Å². The fourth-order valence-electron chi connectivity index (χ4n) is 1.99. The van der Waals surface area contributed by atoms with Crippen LogP contribution in [0.15, 0.2) is 30.3 Å². The summed E-state index contributed by atoms with van der Waals surface area (Å²) in [5, 5.41) is 0.631. The zero-order chi connectivity index (χ0) is 13.4. The first-order valence-electron chi connectivity index (χ1n) is 5.78. The Morgan fingerprint density at radius 3 is 2.37 bits per heavy atom. The van der Waals surface area contributed by atoms with Crippen LogP contribution in [0, 0.1) is 6.92 Å². The van der Waals surface area contributed by atoms with Gasteiger partial charge >= 0.3 is 0 Å². The first-order chi connectivity index (χ1) is 9.15. The van der Waals surface area contributed by atoms with Crippen molar-refractivity contribution in [1.29, 1.82) is 0 Å². The summed E-state index contributed by atoms with van der Waals surface area (Å²) in [7, 11) is 0. The minimum Gasteiger partial charge on any atom is -0.383 e. The van der Waals surface area contributed by atoms with Gasteiger partial charge in [0.25, 0.3) is 0 Å². The lowest BCUT2D eigenvalue weighted by Gasteiger charge is -2.08. The van der Waals surface area contributed by atoms with Crippen molar-refractivity contribution in [3.05, 3.63) is 36.2 Å². The molecule has 0 saturated carbocycles. The first kappa shape index (κ1) is 11.3. The van der Waals surface area contributed by atoms with Crippen molar-refractivity contribution in [2.24, 2.45) is 0 Å². The summed E-state index contributed by atoms with van der Waals surface area (Å²) in [6.45, 7) is 1.81. The van der Waals surface area contributed by atoms with E-state index in [1.54, 1.807) is 6.92 Å². The molecule has 2 heterocycles. The second-order valence-corrected chi connectivity index (χ2v) is 4.15. The minimum atomic E-state index is 0.113. The summed E-state index contributed by atoms with van der Waals surface area (Å²) in [6, 6.07) is 9.73. The third-order valence-corrected chi connectivity index (χ3v) is 2.76. The smallest absolute Gasteiger partial charge is 0.224 e. The number of anilines is 2. The molecule has 0 bridgehead atoms. The van der Waals surface area contributed by atoms with Crippen molar-refractivity contribution in [2.75, 3.05) is 11.5 Å². The third kappa shape index (κ3) is 1.93.